The fraction of sp³-hybridized carbons (Fsp3) is 0.278. The van der Waals surface area contributed by atoms with Gasteiger partial charge in [-0.15, -0.1) is 11.3 Å². The molecular formula is C18H18N2O3S. The minimum atomic E-state index is -0.370. The van der Waals surface area contributed by atoms with Gasteiger partial charge in [-0.1, -0.05) is 6.07 Å². The number of amides is 1. The van der Waals surface area contributed by atoms with Gasteiger partial charge in [-0.2, -0.15) is 0 Å². The van der Waals surface area contributed by atoms with Gasteiger partial charge in [0, 0.05) is 30.1 Å². The molecule has 24 heavy (non-hydrogen) atoms. The van der Waals surface area contributed by atoms with Crippen molar-refractivity contribution in [3.63, 3.8) is 0 Å². The molecule has 0 radical (unpaired) electrons. The molecular weight excluding hydrogens is 324 g/mol. The van der Waals surface area contributed by atoms with Gasteiger partial charge in [0.15, 0.2) is 11.2 Å². The molecule has 6 heteroatoms. The fourth-order valence-electron chi connectivity index (χ4n) is 2.42. The number of carbonyl (C=O) groups excluding carboxylic acids is 1. The molecule has 0 aliphatic rings. The SMILES string of the molecule is Cc1ccc2c(=O)cc(C(=O)NCCCc3nc(C)cs3)oc2c1. The number of nitrogens with zero attached hydrogens (tertiary/aromatic N) is 1. The zero-order valence-corrected chi connectivity index (χ0v) is 14.4. The van der Waals surface area contributed by atoms with Crippen LogP contribution in [0.5, 0.6) is 0 Å². The molecule has 3 rings (SSSR count). The summed E-state index contributed by atoms with van der Waals surface area (Å²) in [6, 6.07) is 6.57. The van der Waals surface area contributed by atoms with E-state index in [9.17, 15) is 9.59 Å². The van der Waals surface area contributed by atoms with Crippen LogP contribution in [-0.2, 0) is 6.42 Å². The molecule has 0 unspecified atom stereocenters. The molecule has 2 aromatic heterocycles. The molecule has 0 aliphatic heterocycles. The van der Waals surface area contributed by atoms with E-state index in [1.165, 1.54) is 6.07 Å². The lowest BCUT2D eigenvalue weighted by Gasteiger charge is -2.05. The van der Waals surface area contributed by atoms with Crippen LogP contribution < -0.4 is 10.7 Å². The average Bonchev–Trinajstić information content (AvgIpc) is 2.96. The van der Waals surface area contributed by atoms with Crippen molar-refractivity contribution >= 4 is 28.2 Å². The summed E-state index contributed by atoms with van der Waals surface area (Å²) in [4.78, 5) is 28.7. The summed E-state index contributed by atoms with van der Waals surface area (Å²) in [5.74, 6) is -0.325. The summed E-state index contributed by atoms with van der Waals surface area (Å²) < 4.78 is 5.58. The van der Waals surface area contributed by atoms with E-state index in [-0.39, 0.29) is 17.1 Å². The van der Waals surface area contributed by atoms with Gasteiger partial charge in [0.25, 0.3) is 5.91 Å². The predicted molar refractivity (Wildman–Crippen MR) is 94.7 cm³/mol. The Kier molecular flexibility index (Phi) is 4.76. The maximum absolute atomic E-state index is 12.2. The topological polar surface area (TPSA) is 72.2 Å². The third kappa shape index (κ3) is 3.71. The molecule has 0 bridgehead atoms. The van der Waals surface area contributed by atoms with Crippen LogP contribution in [0.15, 0.2) is 38.9 Å². The molecule has 3 aromatic rings. The Morgan fingerprint density at radius 1 is 1.29 bits per heavy atom. The van der Waals surface area contributed by atoms with E-state index in [0.29, 0.717) is 17.5 Å². The van der Waals surface area contributed by atoms with Crippen molar-refractivity contribution in [3.05, 3.63) is 61.9 Å². The minimum absolute atomic E-state index is 0.0446. The van der Waals surface area contributed by atoms with E-state index in [4.69, 9.17) is 4.42 Å². The molecule has 0 saturated heterocycles. The maximum atomic E-state index is 12.2. The van der Waals surface area contributed by atoms with E-state index in [1.54, 1.807) is 23.5 Å². The molecule has 0 fully saturated rings. The molecule has 1 N–H and O–H groups in total. The van der Waals surface area contributed by atoms with Crippen LogP contribution in [0.1, 0.15) is 33.2 Å². The Morgan fingerprint density at radius 2 is 2.12 bits per heavy atom. The Morgan fingerprint density at radius 3 is 2.88 bits per heavy atom. The van der Waals surface area contributed by atoms with Crippen LogP contribution in [0.3, 0.4) is 0 Å². The van der Waals surface area contributed by atoms with Crippen LogP contribution >= 0.6 is 11.3 Å². The number of carbonyl (C=O) groups is 1. The van der Waals surface area contributed by atoms with E-state index < -0.39 is 0 Å². The zero-order chi connectivity index (χ0) is 17.1. The Bertz CT molecular complexity index is 943. The molecule has 1 aromatic carbocycles. The molecule has 0 saturated carbocycles. The second-order valence-corrected chi connectivity index (χ2v) is 6.66. The summed E-state index contributed by atoms with van der Waals surface area (Å²) in [6.45, 7) is 4.38. The number of aryl methyl sites for hydroxylation is 3. The van der Waals surface area contributed by atoms with Crippen molar-refractivity contribution in [2.45, 2.75) is 26.7 Å². The summed E-state index contributed by atoms with van der Waals surface area (Å²) in [5.41, 5.74) is 2.22. The van der Waals surface area contributed by atoms with E-state index in [1.807, 2.05) is 25.3 Å². The Labute approximate surface area is 143 Å². The van der Waals surface area contributed by atoms with Crippen LogP contribution in [0, 0.1) is 13.8 Å². The van der Waals surface area contributed by atoms with Gasteiger partial charge in [-0.3, -0.25) is 9.59 Å². The second-order valence-electron chi connectivity index (χ2n) is 5.72. The summed E-state index contributed by atoms with van der Waals surface area (Å²) in [6.07, 6.45) is 1.61. The van der Waals surface area contributed by atoms with Crippen molar-refractivity contribution in [1.82, 2.24) is 10.3 Å². The monoisotopic (exact) mass is 342 g/mol. The van der Waals surface area contributed by atoms with Crippen molar-refractivity contribution in [1.29, 1.82) is 0 Å². The lowest BCUT2D eigenvalue weighted by Crippen LogP contribution is -2.25. The number of benzene rings is 1. The number of fused-ring (bicyclic) bond motifs is 1. The third-order valence-corrected chi connectivity index (χ3v) is 4.65. The highest BCUT2D eigenvalue weighted by Gasteiger charge is 2.12. The molecule has 0 aliphatic carbocycles. The van der Waals surface area contributed by atoms with Gasteiger partial charge in [0.05, 0.1) is 10.4 Å². The van der Waals surface area contributed by atoms with Gasteiger partial charge in [-0.05, 0) is 38.0 Å². The van der Waals surface area contributed by atoms with Crippen molar-refractivity contribution in [2.24, 2.45) is 0 Å². The van der Waals surface area contributed by atoms with Crippen molar-refractivity contribution in [2.75, 3.05) is 6.54 Å². The summed E-state index contributed by atoms with van der Waals surface area (Å²) in [7, 11) is 0. The zero-order valence-electron chi connectivity index (χ0n) is 13.6. The quantitative estimate of drug-likeness (QED) is 0.723. The van der Waals surface area contributed by atoms with Gasteiger partial charge in [0.1, 0.15) is 5.58 Å². The third-order valence-electron chi connectivity index (χ3n) is 3.63. The standard InChI is InChI=1S/C18H18N2O3S/c1-11-5-6-13-14(21)9-16(23-15(13)8-11)18(22)19-7-3-4-17-20-12(2)10-24-17/h5-6,8-10H,3-4,7H2,1-2H3,(H,19,22). The van der Waals surface area contributed by atoms with Gasteiger partial charge in [0.2, 0.25) is 0 Å². The second kappa shape index (κ2) is 6.97. The van der Waals surface area contributed by atoms with Crippen LogP contribution in [-0.4, -0.2) is 17.4 Å². The van der Waals surface area contributed by atoms with Crippen LogP contribution in [0.4, 0.5) is 0 Å². The molecule has 1 amide bonds. The number of nitrogens with one attached hydrogen (secondary N) is 1. The van der Waals surface area contributed by atoms with Gasteiger partial charge < -0.3 is 9.73 Å². The van der Waals surface area contributed by atoms with Gasteiger partial charge >= 0.3 is 0 Å². The highest BCUT2D eigenvalue weighted by atomic mass is 32.1. The normalized spacial score (nSPS) is 10.9. The summed E-state index contributed by atoms with van der Waals surface area (Å²) in [5, 5.41) is 6.35. The lowest BCUT2D eigenvalue weighted by atomic mass is 10.1. The number of hydrogen-bond acceptors (Lipinski definition) is 5. The minimum Gasteiger partial charge on any atom is -0.451 e. The Hall–Kier alpha value is -2.47. The fourth-order valence-corrected chi connectivity index (χ4v) is 3.24. The first-order chi connectivity index (χ1) is 11.5. The van der Waals surface area contributed by atoms with Crippen molar-refractivity contribution in [3.8, 4) is 0 Å². The Balaban J connectivity index is 1.64. The first-order valence-corrected chi connectivity index (χ1v) is 8.64. The number of aromatic nitrogens is 1. The number of hydrogen-bond donors (Lipinski definition) is 1. The highest BCUT2D eigenvalue weighted by Crippen LogP contribution is 2.14. The van der Waals surface area contributed by atoms with Crippen LogP contribution in [0.2, 0.25) is 0 Å². The number of rotatable bonds is 5. The average molecular weight is 342 g/mol. The van der Waals surface area contributed by atoms with Crippen LogP contribution in [0.25, 0.3) is 11.0 Å². The predicted octanol–water partition coefficient (Wildman–Crippen LogP) is 3.23. The first kappa shape index (κ1) is 16.4. The van der Waals surface area contributed by atoms with E-state index in [0.717, 1.165) is 29.1 Å². The first-order valence-electron chi connectivity index (χ1n) is 7.76. The lowest BCUT2D eigenvalue weighted by molar-refractivity contribution is 0.0926. The summed E-state index contributed by atoms with van der Waals surface area (Å²) >= 11 is 1.63. The number of thiazole rings is 1. The largest absolute Gasteiger partial charge is 0.451 e. The van der Waals surface area contributed by atoms with E-state index in [2.05, 4.69) is 10.3 Å². The smallest absolute Gasteiger partial charge is 0.287 e. The molecule has 0 spiro atoms. The van der Waals surface area contributed by atoms with Crippen molar-refractivity contribution < 1.29 is 9.21 Å². The molecule has 5 nitrogen and oxygen atoms in total. The maximum Gasteiger partial charge on any atom is 0.287 e. The van der Waals surface area contributed by atoms with Gasteiger partial charge in [-0.25, -0.2) is 4.98 Å². The molecule has 124 valence electrons. The molecule has 0 atom stereocenters. The highest BCUT2D eigenvalue weighted by molar-refractivity contribution is 7.09. The molecule has 2 heterocycles. The van der Waals surface area contributed by atoms with E-state index >= 15 is 0 Å².